The number of hydrogen-bond donors (Lipinski definition) is 1. The highest BCUT2D eigenvalue weighted by Crippen LogP contribution is 2.17. The molecule has 0 aromatic heterocycles. The van der Waals surface area contributed by atoms with Crippen LogP contribution in [0.15, 0.2) is 54.6 Å². The number of hydrogen-bond acceptors (Lipinski definition) is 3. The van der Waals surface area contributed by atoms with Crippen LogP contribution in [0.4, 0.5) is 0 Å². The molecule has 0 radical (unpaired) electrons. The lowest BCUT2D eigenvalue weighted by Crippen LogP contribution is -2.34. The van der Waals surface area contributed by atoms with Crippen LogP contribution in [-0.2, 0) is 13.0 Å². The van der Waals surface area contributed by atoms with E-state index < -0.39 is 0 Å². The molecular weight excluding hydrogens is 286 g/mol. The molecule has 2 aromatic carbocycles. The van der Waals surface area contributed by atoms with Crippen molar-refractivity contribution in [1.82, 2.24) is 4.90 Å². The molecule has 2 rings (SSSR count). The first-order valence-corrected chi connectivity index (χ1v) is 8.29. The lowest BCUT2D eigenvalue weighted by molar-refractivity contribution is 0.189. The zero-order valence-corrected chi connectivity index (χ0v) is 14.1. The van der Waals surface area contributed by atoms with Gasteiger partial charge in [0.1, 0.15) is 12.4 Å². The molecule has 0 amide bonds. The molecular formula is C20H27NO2. The largest absolute Gasteiger partial charge is 0.489 e. The summed E-state index contributed by atoms with van der Waals surface area (Å²) in [7, 11) is 2.11. The molecule has 0 saturated carbocycles. The van der Waals surface area contributed by atoms with Gasteiger partial charge in [-0.25, -0.2) is 0 Å². The van der Waals surface area contributed by atoms with Crippen LogP contribution in [0.3, 0.4) is 0 Å². The van der Waals surface area contributed by atoms with E-state index in [1.165, 1.54) is 11.1 Å². The zero-order chi connectivity index (χ0) is 16.5. The fourth-order valence-electron chi connectivity index (χ4n) is 2.62. The Balaban J connectivity index is 1.90. The molecule has 0 saturated heterocycles. The molecule has 0 spiro atoms. The van der Waals surface area contributed by atoms with Gasteiger partial charge >= 0.3 is 0 Å². The maximum Gasteiger partial charge on any atom is 0.119 e. The third kappa shape index (κ3) is 5.70. The smallest absolute Gasteiger partial charge is 0.119 e. The van der Waals surface area contributed by atoms with Gasteiger partial charge in [0.2, 0.25) is 0 Å². The van der Waals surface area contributed by atoms with Gasteiger partial charge in [-0.05, 0) is 49.7 Å². The fourth-order valence-corrected chi connectivity index (χ4v) is 2.62. The summed E-state index contributed by atoms with van der Waals surface area (Å²) in [6, 6.07) is 18.8. The van der Waals surface area contributed by atoms with Gasteiger partial charge in [0.25, 0.3) is 0 Å². The van der Waals surface area contributed by atoms with E-state index in [4.69, 9.17) is 4.74 Å². The van der Waals surface area contributed by atoms with Crippen molar-refractivity contribution in [2.75, 3.05) is 20.2 Å². The van der Waals surface area contributed by atoms with Crippen LogP contribution >= 0.6 is 0 Å². The Morgan fingerprint density at radius 1 is 1.00 bits per heavy atom. The Kier molecular flexibility index (Phi) is 7.11. The van der Waals surface area contributed by atoms with Gasteiger partial charge in [0.15, 0.2) is 0 Å². The quantitative estimate of drug-likeness (QED) is 0.769. The highest BCUT2D eigenvalue weighted by molar-refractivity contribution is 5.28. The summed E-state index contributed by atoms with van der Waals surface area (Å²) in [4.78, 5) is 2.29. The van der Waals surface area contributed by atoms with Gasteiger partial charge in [-0.1, -0.05) is 49.4 Å². The van der Waals surface area contributed by atoms with Gasteiger partial charge in [0.05, 0.1) is 0 Å². The van der Waals surface area contributed by atoms with Gasteiger partial charge in [0, 0.05) is 12.6 Å². The topological polar surface area (TPSA) is 32.7 Å². The monoisotopic (exact) mass is 313 g/mol. The lowest BCUT2D eigenvalue weighted by atomic mass is 10.0. The number of ether oxygens (including phenoxy) is 1. The van der Waals surface area contributed by atoms with E-state index >= 15 is 0 Å². The molecule has 0 aliphatic rings. The lowest BCUT2D eigenvalue weighted by Gasteiger charge is -2.26. The fraction of sp³-hybridized carbons (Fsp3) is 0.400. The predicted molar refractivity (Wildman–Crippen MR) is 94.7 cm³/mol. The third-order valence-electron chi connectivity index (χ3n) is 4.23. The summed E-state index contributed by atoms with van der Waals surface area (Å²) >= 11 is 0. The average molecular weight is 313 g/mol. The summed E-state index contributed by atoms with van der Waals surface area (Å²) in [6.45, 7) is 3.95. The van der Waals surface area contributed by atoms with Crippen LogP contribution in [0.2, 0.25) is 0 Å². The predicted octanol–water partition coefficient (Wildman–Crippen LogP) is 3.51. The normalized spacial score (nSPS) is 12.3. The van der Waals surface area contributed by atoms with Crippen molar-refractivity contribution in [2.24, 2.45) is 0 Å². The Labute approximate surface area is 139 Å². The molecule has 0 bridgehead atoms. The maximum absolute atomic E-state index is 9.23. The Bertz CT molecular complexity index is 554. The van der Waals surface area contributed by atoms with E-state index in [-0.39, 0.29) is 6.61 Å². The number of aliphatic hydroxyl groups excluding tert-OH is 1. The van der Waals surface area contributed by atoms with Crippen LogP contribution in [0.5, 0.6) is 5.75 Å². The van der Waals surface area contributed by atoms with Gasteiger partial charge in [-0.3, -0.25) is 0 Å². The van der Waals surface area contributed by atoms with Crippen LogP contribution < -0.4 is 4.74 Å². The first kappa shape index (κ1) is 17.5. The second-order valence-corrected chi connectivity index (χ2v) is 5.86. The average Bonchev–Trinajstić information content (AvgIpc) is 2.61. The standard InChI is InChI=1S/C20H27NO2/c1-3-21(2)19(13-14-22)15-17-9-11-20(12-10-17)23-16-18-7-5-4-6-8-18/h4-12,19,22H,3,13-16H2,1-2H3/t19-/m1/s1. The summed E-state index contributed by atoms with van der Waals surface area (Å²) in [6.07, 6.45) is 1.75. The number of likely N-dealkylation sites (N-methyl/N-ethyl adjacent to an activating group) is 1. The minimum absolute atomic E-state index is 0.229. The van der Waals surface area contributed by atoms with Crippen LogP contribution in [0.1, 0.15) is 24.5 Å². The molecule has 3 nitrogen and oxygen atoms in total. The number of benzene rings is 2. The minimum Gasteiger partial charge on any atom is -0.489 e. The Morgan fingerprint density at radius 2 is 1.70 bits per heavy atom. The van der Waals surface area contributed by atoms with Crippen LogP contribution in [0.25, 0.3) is 0 Å². The van der Waals surface area contributed by atoms with Crippen LogP contribution in [-0.4, -0.2) is 36.2 Å². The van der Waals surface area contributed by atoms with Crippen molar-refractivity contribution in [1.29, 1.82) is 0 Å². The molecule has 3 heteroatoms. The summed E-state index contributed by atoms with van der Waals surface area (Å²) in [5, 5.41) is 9.23. The summed E-state index contributed by atoms with van der Waals surface area (Å²) in [5.41, 5.74) is 2.44. The van der Waals surface area contributed by atoms with Crippen LogP contribution in [0, 0.1) is 0 Å². The molecule has 0 unspecified atom stereocenters. The molecule has 1 N–H and O–H groups in total. The van der Waals surface area contributed by atoms with E-state index in [0.29, 0.717) is 12.6 Å². The highest BCUT2D eigenvalue weighted by atomic mass is 16.5. The van der Waals surface area contributed by atoms with E-state index in [2.05, 4.69) is 43.1 Å². The molecule has 0 aliphatic carbocycles. The summed E-state index contributed by atoms with van der Waals surface area (Å²) in [5.74, 6) is 0.889. The second-order valence-electron chi connectivity index (χ2n) is 5.86. The van der Waals surface area contributed by atoms with Gasteiger partial charge in [-0.15, -0.1) is 0 Å². The molecule has 1 atom stereocenters. The van der Waals surface area contributed by atoms with Crippen molar-refractivity contribution < 1.29 is 9.84 Å². The Hall–Kier alpha value is -1.84. The minimum atomic E-state index is 0.229. The van der Waals surface area contributed by atoms with Gasteiger partial charge < -0.3 is 14.7 Å². The zero-order valence-electron chi connectivity index (χ0n) is 14.1. The summed E-state index contributed by atoms with van der Waals surface area (Å²) < 4.78 is 5.82. The molecule has 0 aliphatic heterocycles. The first-order chi connectivity index (χ1) is 11.2. The van der Waals surface area contributed by atoms with Crippen molar-refractivity contribution >= 4 is 0 Å². The van der Waals surface area contributed by atoms with E-state index in [1.807, 2.05) is 30.3 Å². The third-order valence-corrected chi connectivity index (χ3v) is 4.23. The van der Waals surface area contributed by atoms with E-state index in [9.17, 15) is 5.11 Å². The number of aliphatic hydroxyl groups is 1. The molecule has 0 fully saturated rings. The SMILES string of the molecule is CCN(C)[C@H](CCO)Cc1ccc(OCc2ccccc2)cc1. The van der Waals surface area contributed by atoms with Crippen molar-refractivity contribution in [3.63, 3.8) is 0 Å². The molecule has 124 valence electrons. The second kappa shape index (κ2) is 9.33. The maximum atomic E-state index is 9.23. The first-order valence-electron chi connectivity index (χ1n) is 8.29. The van der Waals surface area contributed by atoms with Crippen molar-refractivity contribution in [2.45, 2.75) is 32.4 Å². The molecule has 23 heavy (non-hydrogen) atoms. The van der Waals surface area contributed by atoms with Gasteiger partial charge in [-0.2, -0.15) is 0 Å². The van der Waals surface area contributed by atoms with Crippen molar-refractivity contribution in [3.8, 4) is 5.75 Å². The number of rotatable bonds is 9. The number of nitrogens with zero attached hydrogens (tertiary/aromatic N) is 1. The molecule has 2 aromatic rings. The van der Waals surface area contributed by atoms with E-state index in [1.54, 1.807) is 0 Å². The molecule has 0 heterocycles. The highest BCUT2D eigenvalue weighted by Gasteiger charge is 2.13. The Morgan fingerprint density at radius 3 is 2.30 bits per heavy atom. The van der Waals surface area contributed by atoms with Crippen molar-refractivity contribution in [3.05, 3.63) is 65.7 Å². The van der Waals surface area contributed by atoms with E-state index in [0.717, 1.165) is 25.1 Å².